The highest BCUT2D eigenvalue weighted by Gasteiger charge is 2.21. The van der Waals surface area contributed by atoms with Gasteiger partial charge in [0.1, 0.15) is 12.4 Å². The van der Waals surface area contributed by atoms with E-state index in [1.165, 1.54) is 35.1 Å². The Morgan fingerprint density at radius 2 is 2.21 bits per heavy atom. The lowest BCUT2D eigenvalue weighted by atomic mass is 10.2. The van der Waals surface area contributed by atoms with E-state index in [2.05, 4.69) is 15.8 Å². The first-order chi connectivity index (χ1) is 13.4. The van der Waals surface area contributed by atoms with Crippen LogP contribution in [0.4, 0.5) is 20.2 Å². The fraction of sp³-hybridized carbons (Fsp3) is 0.222. The van der Waals surface area contributed by atoms with E-state index >= 15 is 0 Å². The van der Waals surface area contributed by atoms with Gasteiger partial charge in [-0.25, -0.2) is 19.2 Å². The maximum Gasteiger partial charge on any atom is 0.278 e. The number of nitrogens with one attached hydrogen (secondary N) is 2. The number of amides is 1. The van der Waals surface area contributed by atoms with Crippen LogP contribution in [0.25, 0.3) is 5.65 Å². The molecule has 0 radical (unpaired) electrons. The Labute approximate surface area is 163 Å². The van der Waals surface area contributed by atoms with Crippen molar-refractivity contribution in [1.82, 2.24) is 14.9 Å². The molecule has 0 saturated heterocycles. The van der Waals surface area contributed by atoms with Crippen molar-refractivity contribution >= 4 is 34.5 Å². The molecule has 2 aromatic heterocycles. The summed E-state index contributed by atoms with van der Waals surface area (Å²) in [7, 11) is 0. The third-order valence-corrected chi connectivity index (χ3v) is 4.20. The van der Waals surface area contributed by atoms with Gasteiger partial charge >= 0.3 is 0 Å². The predicted molar refractivity (Wildman–Crippen MR) is 99.6 cm³/mol. The molecule has 0 aliphatic carbocycles. The predicted octanol–water partition coefficient (Wildman–Crippen LogP) is 3.44. The summed E-state index contributed by atoms with van der Waals surface area (Å²) < 4.78 is 30.4. The fourth-order valence-electron chi connectivity index (χ4n) is 2.42. The molecular formula is C18H17ClF2N4O3. The molecule has 1 unspecified atom stereocenters. The van der Waals surface area contributed by atoms with Crippen molar-refractivity contribution in [3.05, 3.63) is 59.0 Å². The summed E-state index contributed by atoms with van der Waals surface area (Å²) in [5.41, 5.74) is 1.59. The number of hydrogen-bond acceptors (Lipinski definition) is 5. The van der Waals surface area contributed by atoms with Gasteiger partial charge in [0, 0.05) is 23.6 Å². The first-order valence-electron chi connectivity index (χ1n) is 8.38. The van der Waals surface area contributed by atoms with Crippen LogP contribution in [0.2, 0.25) is 5.02 Å². The molecule has 10 heteroatoms. The highest BCUT2D eigenvalue weighted by atomic mass is 35.5. The lowest BCUT2D eigenvalue weighted by Crippen LogP contribution is -2.29. The molecule has 0 fully saturated rings. The van der Waals surface area contributed by atoms with Crippen LogP contribution >= 0.6 is 11.6 Å². The third-order valence-electron chi connectivity index (χ3n) is 3.97. The molecular weight excluding hydrogens is 394 g/mol. The van der Waals surface area contributed by atoms with Gasteiger partial charge in [-0.1, -0.05) is 18.5 Å². The van der Waals surface area contributed by atoms with E-state index in [0.29, 0.717) is 6.42 Å². The summed E-state index contributed by atoms with van der Waals surface area (Å²) in [6, 6.07) is 3.81. The first-order valence-corrected chi connectivity index (χ1v) is 8.76. The topological polar surface area (TPSA) is 87.9 Å². The van der Waals surface area contributed by atoms with Crippen molar-refractivity contribution in [2.45, 2.75) is 19.4 Å². The van der Waals surface area contributed by atoms with Crippen LogP contribution in [0, 0.1) is 11.6 Å². The summed E-state index contributed by atoms with van der Waals surface area (Å²) in [6.07, 6.45) is 3.84. The van der Waals surface area contributed by atoms with Crippen molar-refractivity contribution in [2.24, 2.45) is 0 Å². The Balaban J connectivity index is 1.96. The van der Waals surface area contributed by atoms with Gasteiger partial charge in [0.15, 0.2) is 11.5 Å². The molecule has 2 heterocycles. The van der Waals surface area contributed by atoms with Crippen LogP contribution in [0.5, 0.6) is 0 Å². The maximum atomic E-state index is 15.0. The SMILES string of the molecule is CCC(O)CONC(=O)c1cn2ccnc2c(F)c1Nc1ccc(Cl)cc1F. The van der Waals surface area contributed by atoms with Crippen molar-refractivity contribution < 1.29 is 23.5 Å². The highest BCUT2D eigenvalue weighted by Crippen LogP contribution is 2.29. The first kappa shape index (κ1) is 20.0. The van der Waals surface area contributed by atoms with E-state index in [9.17, 15) is 18.7 Å². The van der Waals surface area contributed by atoms with Gasteiger partial charge in [-0.05, 0) is 24.6 Å². The van der Waals surface area contributed by atoms with Gasteiger partial charge in [-0.15, -0.1) is 0 Å². The lowest BCUT2D eigenvalue weighted by molar-refractivity contribution is -0.0133. The Morgan fingerprint density at radius 1 is 1.43 bits per heavy atom. The van der Waals surface area contributed by atoms with Gasteiger partial charge in [0.2, 0.25) is 0 Å². The van der Waals surface area contributed by atoms with Gasteiger partial charge < -0.3 is 14.8 Å². The number of fused-ring (bicyclic) bond motifs is 1. The number of carbonyl (C=O) groups excluding carboxylic acids is 1. The van der Waals surface area contributed by atoms with E-state index < -0.39 is 23.6 Å². The normalized spacial score (nSPS) is 12.2. The minimum atomic E-state index is -0.847. The molecule has 0 aliphatic heterocycles. The molecule has 3 N–H and O–H groups in total. The molecule has 0 spiro atoms. The highest BCUT2D eigenvalue weighted by molar-refractivity contribution is 6.30. The molecule has 0 bridgehead atoms. The number of aliphatic hydroxyl groups is 1. The lowest BCUT2D eigenvalue weighted by Gasteiger charge is -2.15. The number of pyridine rings is 1. The molecule has 7 nitrogen and oxygen atoms in total. The fourth-order valence-corrected chi connectivity index (χ4v) is 2.58. The molecule has 148 valence electrons. The number of carbonyl (C=O) groups is 1. The Hall–Kier alpha value is -2.75. The average molecular weight is 411 g/mol. The van der Waals surface area contributed by atoms with Crippen LogP contribution in [-0.2, 0) is 4.84 Å². The largest absolute Gasteiger partial charge is 0.391 e. The van der Waals surface area contributed by atoms with Crippen LogP contribution in [0.15, 0.2) is 36.8 Å². The summed E-state index contributed by atoms with van der Waals surface area (Å²) in [6.45, 7) is 1.62. The van der Waals surface area contributed by atoms with Gasteiger partial charge in [0.05, 0.1) is 23.0 Å². The number of halogens is 3. The minimum Gasteiger partial charge on any atom is -0.391 e. The van der Waals surface area contributed by atoms with Gasteiger partial charge in [-0.3, -0.25) is 9.63 Å². The molecule has 1 atom stereocenters. The monoisotopic (exact) mass is 410 g/mol. The number of nitrogens with zero attached hydrogens (tertiary/aromatic N) is 2. The van der Waals surface area contributed by atoms with Gasteiger partial charge in [0.25, 0.3) is 5.91 Å². The molecule has 3 rings (SSSR count). The number of hydroxylamine groups is 1. The average Bonchev–Trinajstić information content (AvgIpc) is 3.14. The van der Waals surface area contributed by atoms with Crippen molar-refractivity contribution in [3.8, 4) is 0 Å². The molecule has 28 heavy (non-hydrogen) atoms. The summed E-state index contributed by atoms with van der Waals surface area (Å²) in [4.78, 5) is 21.4. The summed E-state index contributed by atoms with van der Waals surface area (Å²) in [5, 5.41) is 12.2. The number of aromatic nitrogens is 2. The van der Waals surface area contributed by atoms with Gasteiger partial charge in [-0.2, -0.15) is 0 Å². The zero-order chi connectivity index (χ0) is 20.3. The molecule has 3 aromatic rings. The molecule has 1 aromatic carbocycles. The quantitative estimate of drug-likeness (QED) is 0.519. The van der Waals surface area contributed by atoms with E-state index in [1.807, 2.05) is 0 Å². The number of rotatable bonds is 7. The second kappa shape index (κ2) is 8.51. The van der Waals surface area contributed by atoms with E-state index in [4.69, 9.17) is 16.4 Å². The summed E-state index contributed by atoms with van der Waals surface area (Å²) >= 11 is 5.73. The third kappa shape index (κ3) is 4.22. The maximum absolute atomic E-state index is 15.0. The Bertz CT molecular complexity index is 1010. The van der Waals surface area contributed by atoms with Crippen molar-refractivity contribution in [3.63, 3.8) is 0 Å². The Morgan fingerprint density at radius 3 is 2.93 bits per heavy atom. The molecule has 0 aliphatic rings. The number of hydrogen-bond donors (Lipinski definition) is 3. The standard InChI is InChI=1S/C18H17ClF2N4O3/c1-2-11(26)9-28-24-18(27)12-8-25-6-5-22-17(25)15(21)16(12)23-14-4-3-10(19)7-13(14)20/h3-8,11,23,26H,2,9H2,1H3,(H,24,27). The number of aliphatic hydroxyl groups excluding tert-OH is 1. The van der Waals surface area contributed by atoms with Crippen LogP contribution in [0.3, 0.4) is 0 Å². The second-order valence-corrected chi connectivity index (χ2v) is 6.38. The minimum absolute atomic E-state index is 0.0456. The number of benzene rings is 1. The van der Waals surface area contributed by atoms with Crippen LogP contribution < -0.4 is 10.8 Å². The van der Waals surface area contributed by atoms with E-state index in [0.717, 1.165) is 6.07 Å². The molecule has 0 saturated carbocycles. The number of imidazole rings is 1. The van der Waals surface area contributed by atoms with Crippen molar-refractivity contribution in [2.75, 3.05) is 11.9 Å². The Kier molecular flexibility index (Phi) is 6.08. The van der Waals surface area contributed by atoms with Crippen LogP contribution in [-0.4, -0.2) is 33.1 Å². The second-order valence-electron chi connectivity index (χ2n) is 5.94. The zero-order valence-electron chi connectivity index (χ0n) is 14.7. The summed E-state index contributed by atoms with van der Waals surface area (Å²) in [5.74, 6) is -2.35. The van der Waals surface area contributed by atoms with E-state index in [-0.39, 0.29) is 34.2 Å². The number of anilines is 2. The smallest absolute Gasteiger partial charge is 0.278 e. The van der Waals surface area contributed by atoms with Crippen molar-refractivity contribution in [1.29, 1.82) is 0 Å². The van der Waals surface area contributed by atoms with E-state index in [1.54, 1.807) is 6.92 Å². The van der Waals surface area contributed by atoms with Crippen LogP contribution in [0.1, 0.15) is 23.7 Å². The zero-order valence-corrected chi connectivity index (χ0v) is 15.5. The molecule has 1 amide bonds.